The van der Waals surface area contributed by atoms with Crippen LogP contribution in [0.2, 0.25) is 5.02 Å². The number of halogens is 2. The normalized spacial score (nSPS) is 18.7. The van der Waals surface area contributed by atoms with Crippen LogP contribution >= 0.6 is 11.6 Å². The molecule has 1 fully saturated rings. The molecule has 1 saturated heterocycles. The molecule has 2 unspecified atom stereocenters. The van der Waals surface area contributed by atoms with Crippen molar-refractivity contribution in [3.05, 3.63) is 59.1 Å². The molecule has 1 N–H and O–H groups in total. The quantitative estimate of drug-likeness (QED) is 0.907. The summed E-state index contributed by atoms with van der Waals surface area (Å²) in [6, 6.07) is 7.54. The number of hydrogen-bond acceptors (Lipinski definition) is 4. The Bertz CT molecular complexity index is 744. The molecule has 2 heterocycles. The standard InChI is InChI=1S/C18H19ClFN3O2/c1-12(25-17-5-4-14(20)9-15(17)19)18(24)23-8-7-22-11-16(23)13-3-2-6-21-10-13/h2-6,9-10,12,16,22H,7-8,11H2,1H3. The van der Waals surface area contributed by atoms with Crippen molar-refractivity contribution in [2.24, 2.45) is 0 Å². The van der Waals surface area contributed by atoms with Crippen molar-refractivity contribution in [3.8, 4) is 5.75 Å². The summed E-state index contributed by atoms with van der Waals surface area (Å²) in [6.07, 6.45) is 2.73. The summed E-state index contributed by atoms with van der Waals surface area (Å²) in [4.78, 5) is 18.8. The predicted octanol–water partition coefficient (Wildman–Crippen LogP) is 2.81. The molecule has 25 heavy (non-hydrogen) atoms. The van der Waals surface area contributed by atoms with Gasteiger partial charge in [-0.25, -0.2) is 4.39 Å². The van der Waals surface area contributed by atoms with Crippen LogP contribution in [0.25, 0.3) is 0 Å². The number of hydrogen-bond donors (Lipinski definition) is 1. The van der Waals surface area contributed by atoms with Crippen LogP contribution in [0.4, 0.5) is 4.39 Å². The number of pyridine rings is 1. The van der Waals surface area contributed by atoms with E-state index < -0.39 is 11.9 Å². The highest BCUT2D eigenvalue weighted by atomic mass is 35.5. The third-order valence-corrected chi connectivity index (χ3v) is 4.44. The molecule has 0 spiro atoms. The molecule has 1 aromatic carbocycles. The first-order chi connectivity index (χ1) is 12.1. The Hall–Kier alpha value is -2.18. The molecule has 0 radical (unpaired) electrons. The molecule has 3 rings (SSSR count). The first kappa shape index (κ1) is 17.6. The van der Waals surface area contributed by atoms with Gasteiger partial charge in [-0.15, -0.1) is 0 Å². The van der Waals surface area contributed by atoms with Crippen molar-refractivity contribution in [1.82, 2.24) is 15.2 Å². The molecule has 2 atom stereocenters. The predicted molar refractivity (Wildman–Crippen MR) is 93.1 cm³/mol. The maximum atomic E-state index is 13.1. The van der Waals surface area contributed by atoms with Crippen molar-refractivity contribution in [2.75, 3.05) is 19.6 Å². The Morgan fingerprint density at radius 2 is 2.32 bits per heavy atom. The van der Waals surface area contributed by atoms with E-state index in [0.29, 0.717) is 19.6 Å². The third-order valence-electron chi connectivity index (χ3n) is 4.14. The average Bonchev–Trinajstić information content (AvgIpc) is 2.64. The van der Waals surface area contributed by atoms with Gasteiger partial charge in [0, 0.05) is 32.0 Å². The fourth-order valence-corrected chi connectivity index (χ4v) is 3.10. The average molecular weight is 364 g/mol. The molecular weight excluding hydrogens is 345 g/mol. The van der Waals surface area contributed by atoms with Crippen molar-refractivity contribution < 1.29 is 13.9 Å². The first-order valence-corrected chi connectivity index (χ1v) is 8.47. The van der Waals surface area contributed by atoms with E-state index in [9.17, 15) is 9.18 Å². The van der Waals surface area contributed by atoms with E-state index in [4.69, 9.17) is 16.3 Å². The van der Waals surface area contributed by atoms with E-state index >= 15 is 0 Å². The Balaban J connectivity index is 1.75. The summed E-state index contributed by atoms with van der Waals surface area (Å²) in [5.74, 6) is -0.303. The molecule has 0 bridgehead atoms. The zero-order valence-electron chi connectivity index (χ0n) is 13.8. The second kappa shape index (κ2) is 7.80. The van der Waals surface area contributed by atoms with Gasteiger partial charge in [0.2, 0.25) is 0 Å². The highest BCUT2D eigenvalue weighted by molar-refractivity contribution is 6.32. The molecule has 132 valence electrons. The lowest BCUT2D eigenvalue weighted by Crippen LogP contribution is -2.52. The van der Waals surface area contributed by atoms with Crippen LogP contribution in [0.1, 0.15) is 18.5 Å². The van der Waals surface area contributed by atoms with E-state index in [-0.39, 0.29) is 22.7 Å². The number of carbonyl (C=O) groups is 1. The molecule has 2 aromatic rings. The topological polar surface area (TPSA) is 54.5 Å². The minimum Gasteiger partial charge on any atom is -0.479 e. The second-order valence-electron chi connectivity index (χ2n) is 5.87. The Morgan fingerprint density at radius 1 is 1.48 bits per heavy atom. The third kappa shape index (κ3) is 4.08. The fourth-order valence-electron chi connectivity index (χ4n) is 2.88. The van der Waals surface area contributed by atoms with E-state index in [0.717, 1.165) is 11.6 Å². The second-order valence-corrected chi connectivity index (χ2v) is 6.28. The molecule has 0 aliphatic carbocycles. The minimum absolute atomic E-state index is 0.107. The highest BCUT2D eigenvalue weighted by Gasteiger charge is 2.31. The van der Waals surface area contributed by atoms with Crippen molar-refractivity contribution in [2.45, 2.75) is 19.1 Å². The smallest absolute Gasteiger partial charge is 0.263 e. The maximum absolute atomic E-state index is 13.1. The molecule has 7 heteroatoms. The molecule has 1 aliphatic rings. The number of ether oxygens (including phenoxy) is 1. The van der Waals surface area contributed by atoms with Gasteiger partial charge >= 0.3 is 0 Å². The van der Waals surface area contributed by atoms with Crippen molar-refractivity contribution in [3.63, 3.8) is 0 Å². The number of rotatable bonds is 4. The van der Waals surface area contributed by atoms with Gasteiger partial charge in [0.05, 0.1) is 11.1 Å². The van der Waals surface area contributed by atoms with Crippen LogP contribution in [-0.2, 0) is 4.79 Å². The van der Waals surface area contributed by atoms with Crippen molar-refractivity contribution in [1.29, 1.82) is 0 Å². The van der Waals surface area contributed by atoms with Gasteiger partial charge in [-0.3, -0.25) is 9.78 Å². The molecule has 5 nitrogen and oxygen atoms in total. The van der Waals surface area contributed by atoms with Gasteiger partial charge in [0.25, 0.3) is 5.91 Å². The summed E-state index contributed by atoms with van der Waals surface area (Å²) in [5.41, 5.74) is 0.968. The number of nitrogens with zero attached hydrogens (tertiary/aromatic N) is 2. The number of amides is 1. The largest absolute Gasteiger partial charge is 0.479 e. The van der Waals surface area contributed by atoms with Crippen LogP contribution in [0.15, 0.2) is 42.7 Å². The zero-order valence-corrected chi connectivity index (χ0v) is 14.5. The number of piperazine rings is 1. The number of carbonyl (C=O) groups excluding carboxylic acids is 1. The SMILES string of the molecule is CC(Oc1ccc(F)cc1Cl)C(=O)N1CCNCC1c1cccnc1. The molecule has 0 saturated carbocycles. The number of nitrogens with one attached hydrogen (secondary N) is 1. The highest BCUT2D eigenvalue weighted by Crippen LogP contribution is 2.27. The molecule has 1 aromatic heterocycles. The molecule has 1 aliphatic heterocycles. The van der Waals surface area contributed by atoms with Gasteiger partial charge < -0.3 is 15.0 Å². The van der Waals surface area contributed by atoms with E-state index in [1.54, 1.807) is 24.2 Å². The minimum atomic E-state index is -0.736. The lowest BCUT2D eigenvalue weighted by Gasteiger charge is -2.37. The lowest BCUT2D eigenvalue weighted by molar-refractivity contribution is -0.141. The van der Waals surface area contributed by atoms with Gasteiger partial charge in [-0.05, 0) is 36.8 Å². The Morgan fingerprint density at radius 3 is 3.04 bits per heavy atom. The van der Waals surface area contributed by atoms with Crippen LogP contribution < -0.4 is 10.1 Å². The van der Waals surface area contributed by atoms with Gasteiger partial charge in [0.1, 0.15) is 11.6 Å². The van der Waals surface area contributed by atoms with E-state index in [1.807, 2.05) is 12.1 Å². The Labute approximate surface area is 150 Å². The van der Waals surface area contributed by atoms with Gasteiger partial charge in [-0.2, -0.15) is 0 Å². The summed E-state index contributed by atoms with van der Waals surface area (Å²) < 4.78 is 18.8. The van der Waals surface area contributed by atoms with Crippen LogP contribution in [0.3, 0.4) is 0 Å². The summed E-state index contributed by atoms with van der Waals surface area (Å²) >= 11 is 5.98. The van der Waals surface area contributed by atoms with Gasteiger partial charge in [-0.1, -0.05) is 17.7 Å². The summed E-state index contributed by atoms with van der Waals surface area (Å²) in [5, 5.41) is 3.44. The van der Waals surface area contributed by atoms with E-state index in [2.05, 4.69) is 10.3 Å². The summed E-state index contributed by atoms with van der Waals surface area (Å²) in [7, 11) is 0. The van der Waals surface area contributed by atoms with Gasteiger partial charge in [0.15, 0.2) is 6.10 Å². The zero-order chi connectivity index (χ0) is 17.8. The van der Waals surface area contributed by atoms with Crippen LogP contribution in [0, 0.1) is 5.82 Å². The lowest BCUT2D eigenvalue weighted by atomic mass is 10.0. The first-order valence-electron chi connectivity index (χ1n) is 8.09. The van der Waals surface area contributed by atoms with Crippen molar-refractivity contribution >= 4 is 17.5 Å². The monoisotopic (exact) mass is 363 g/mol. The number of benzene rings is 1. The van der Waals surface area contributed by atoms with Crippen LogP contribution in [-0.4, -0.2) is 41.5 Å². The Kier molecular flexibility index (Phi) is 5.50. The summed E-state index contributed by atoms with van der Waals surface area (Å²) in [6.45, 7) is 3.61. The molecule has 1 amide bonds. The van der Waals surface area contributed by atoms with E-state index in [1.165, 1.54) is 12.1 Å². The molecular formula is C18H19ClFN3O2. The van der Waals surface area contributed by atoms with Crippen LogP contribution in [0.5, 0.6) is 5.75 Å². The number of aromatic nitrogens is 1. The maximum Gasteiger partial charge on any atom is 0.263 e. The fraction of sp³-hybridized carbons (Fsp3) is 0.333.